The highest BCUT2D eigenvalue weighted by Crippen LogP contribution is 2.21. The van der Waals surface area contributed by atoms with E-state index in [1.54, 1.807) is 0 Å². The molecule has 3 rings (SSSR count). The van der Waals surface area contributed by atoms with Gasteiger partial charge in [-0.05, 0) is 49.6 Å². The number of aliphatic carboxylic acids is 2. The standard InChI is InChI=1S/C20H26N2.C4H4O4/c1-16-13-17(2)20(18(3)14-16)15-21-9-11-22(12-10-21)19-7-5-4-6-8-19;5-3(6)1-2-4(7)8/h4-8,13-14H,9-12,15H2,1-3H3;1-2H,(H,5,6)(H,7,8)/b;2-1+. The van der Waals surface area contributed by atoms with Gasteiger partial charge in [0.2, 0.25) is 0 Å². The van der Waals surface area contributed by atoms with Gasteiger partial charge in [0.25, 0.3) is 0 Å². The predicted molar refractivity (Wildman–Crippen MR) is 119 cm³/mol. The van der Waals surface area contributed by atoms with Gasteiger partial charge in [-0.3, -0.25) is 4.90 Å². The molecule has 2 N–H and O–H groups in total. The molecule has 6 heteroatoms. The van der Waals surface area contributed by atoms with Gasteiger partial charge in [0.1, 0.15) is 0 Å². The number of para-hydroxylation sites is 1. The zero-order valence-corrected chi connectivity index (χ0v) is 17.8. The first-order chi connectivity index (χ1) is 14.3. The van der Waals surface area contributed by atoms with Gasteiger partial charge in [0, 0.05) is 50.6 Å². The number of carboxylic acids is 2. The summed E-state index contributed by atoms with van der Waals surface area (Å²) in [6.07, 6.45) is 1.12. The average Bonchev–Trinajstić information content (AvgIpc) is 2.71. The zero-order valence-electron chi connectivity index (χ0n) is 17.8. The normalized spacial score (nSPS) is 14.3. The molecule has 0 atom stereocenters. The first-order valence-electron chi connectivity index (χ1n) is 9.99. The molecule has 2 aromatic carbocycles. The van der Waals surface area contributed by atoms with Crippen molar-refractivity contribution in [1.29, 1.82) is 0 Å². The summed E-state index contributed by atoms with van der Waals surface area (Å²) in [5.74, 6) is -2.51. The second-order valence-corrected chi connectivity index (χ2v) is 7.49. The summed E-state index contributed by atoms with van der Waals surface area (Å²) in [5, 5.41) is 15.6. The van der Waals surface area contributed by atoms with Crippen LogP contribution in [0, 0.1) is 20.8 Å². The lowest BCUT2D eigenvalue weighted by atomic mass is 9.99. The number of carboxylic acid groups (broad SMARTS) is 2. The SMILES string of the molecule is Cc1cc(C)c(CN2CCN(c3ccccc3)CC2)c(C)c1.O=C(O)/C=C/C(=O)O. The number of nitrogens with zero attached hydrogens (tertiary/aromatic N) is 2. The van der Waals surface area contributed by atoms with Gasteiger partial charge in [-0.2, -0.15) is 0 Å². The van der Waals surface area contributed by atoms with E-state index in [-0.39, 0.29) is 0 Å². The Morgan fingerprint density at radius 3 is 1.83 bits per heavy atom. The molecular formula is C24H30N2O4. The van der Waals surface area contributed by atoms with Crippen LogP contribution in [0.3, 0.4) is 0 Å². The van der Waals surface area contributed by atoms with Crippen LogP contribution >= 0.6 is 0 Å². The fourth-order valence-electron chi connectivity index (χ4n) is 3.63. The first kappa shape index (κ1) is 23.2. The van der Waals surface area contributed by atoms with E-state index in [9.17, 15) is 9.59 Å². The molecule has 30 heavy (non-hydrogen) atoms. The summed E-state index contributed by atoms with van der Waals surface area (Å²) in [5.41, 5.74) is 7.10. The smallest absolute Gasteiger partial charge is 0.328 e. The molecular weight excluding hydrogens is 380 g/mol. The molecule has 0 aromatic heterocycles. The minimum absolute atomic E-state index is 0.558. The van der Waals surface area contributed by atoms with E-state index in [0.717, 1.165) is 32.7 Å². The van der Waals surface area contributed by atoms with E-state index in [0.29, 0.717) is 12.2 Å². The van der Waals surface area contributed by atoms with E-state index in [1.807, 2.05) is 0 Å². The van der Waals surface area contributed by atoms with Gasteiger partial charge < -0.3 is 15.1 Å². The van der Waals surface area contributed by atoms with Crippen LogP contribution in [-0.4, -0.2) is 53.2 Å². The molecule has 1 saturated heterocycles. The van der Waals surface area contributed by atoms with E-state index in [1.165, 1.54) is 27.9 Å². The lowest BCUT2D eigenvalue weighted by Gasteiger charge is -2.36. The summed E-state index contributed by atoms with van der Waals surface area (Å²) in [4.78, 5) is 24.2. The summed E-state index contributed by atoms with van der Waals surface area (Å²) < 4.78 is 0. The Bertz CT molecular complexity index is 846. The minimum Gasteiger partial charge on any atom is -0.478 e. The van der Waals surface area contributed by atoms with Crippen molar-refractivity contribution in [2.45, 2.75) is 27.3 Å². The van der Waals surface area contributed by atoms with Gasteiger partial charge in [-0.25, -0.2) is 9.59 Å². The molecule has 0 spiro atoms. The third-order valence-corrected chi connectivity index (χ3v) is 5.08. The van der Waals surface area contributed by atoms with Crippen LogP contribution in [0.4, 0.5) is 5.69 Å². The van der Waals surface area contributed by atoms with Crippen molar-refractivity contribution >= 4 is 17.6 Å². The number of benzene rings is 2. The maximum atomic E-state index is 9.55. The van der Waals surface area contributed by atoms with Crippen molar-refractivity contribution < 1.29 is 19.8 Å². The quantitative estimate of drug-likeness (QED) is 0.733. The molecule has 160 valence electrons. The summed E-state index contributed by atoms with van der Waals surface area (Å²) >= 11 is 0. The van der Waals surface area contributed by atoms with Gasteiger partial charge in [0.05, 0.1) is 0 Å². The molecule has 2 aromatic rings. The van der Waals surface area contributed by atoms with Gasteiger partial charge >= 0.3 is 11.9 Å². The molecule has 1 fully saturated rings. The summed E-state index contributed by atoms with van der Waals surface area (Å²) in [6.45, 7) is 12.3. The maximum Gasteiger partial charge on any atom is 0.328 e. The van der Waals surface area contributed by atoms with E-state index in [4.69, 9.17) is 10.2 Å². The third kappa shape index (κ3) is 7.37. The molecule has 6 nitrogen and oxygen atoms in total. The van der Waals surface area contributed by atoms with Crippen molar-refractivity contribution in [3.05, 3.63) is 76.9 Å². The molecule has 0 amide bonds. The van der Waals surface area contributed by atoms with Crippen molar-refractivity contribution in [2.24, 2.45) is 0 Å². The average molecular weight is 411 g/mol. The van der Waals surface area contributed by atoms with E-state index < -0.39 is 11.9 Å². The van der Waals surface area contributed by atoms with Crippen LogP contribution in [0.1, 0.15) is 22.3 Å². The summed E-state index contributed by atoms with van der Waals surface area (Å²) in [6, 6.07) is 15.4. The number of rotatable bonds is 5. The fourth-order valence-corrected chi connectivity index (χ4v) is 3.63. The van der Waals surface area contributed by atoms with Gasteiger partial charge in [0.15, 0.2) is 0 Å². The van der Waals surface area contributed by atoms with Crippen LogP contribution < -0.4 is 4.90 Å². The highest BCUT2D eigenvalue weighted by atomic mass is 16.4. The fraction of sp³-hybridized carbons (Fsp3) is 0.333. The largest absolute Gasteiger partial charge is 0.478 e. The van der Waals surface area contributed by atoms with Crippen LogP contribution in [0.5, 0.6) is 0 Å². The molecule has 0 bridgehead atoms. The van der Waals surface area contributed by atoms with E-state index >= 15 is 0 Å². The monoisotopic (exact) mass is 410 g/mol. The Labute approximate surface area is 178 Å². The Kier molecular flexibility index (Phi) is 8.62. The highest BCUT2D eigenvalue weighted by molar-refractivity contribution is 5.89. The maximum absolute atomic E-state index is 9.55. The molecule has 0 saturated carbocycles. The number of aryl methyl sites for hydroxylation is 3. The number of hydrogen-bond acceptors (Lipinski definition) is 4. The van der Waals surface area contributed by atoms with Crippen molar-refractivity contribution in [3.63, 3.8) is 0 Å². The second-order valence-electron chi connectivity index (χ2n) is 7.49. The second kappa shape index (κ2) is 11.2. The molecule has 1 heterocycles. The molecule has 1 aliphatic rings. The Balaban J connectivity index is 0.000000343. The minimum atomic E-state index is -1.26. The molecule has 0 aliphatic carbocycles. The van der Waals surface area contributed by atoms with Crippen LogP contribution in [0.2, 0.25) is 0 Å². The lowest BCUT2D eigenvalue weighted by Crippen LogP contribution is -2.46. The number of hydrogen-bond donors (Lipinski definition) is 2. The first-order valence-corrected chi connectivity index (χ1v) is 9.99. The van der Waals surface area contributed by atoms with Crippen LogP contribution in [0.25, 0.3) is 0 Å². The highest BCUT2D eigenvalue weighted by Gasteiger charge is 2.18. The molecule has 0 radical (unpaired) electrons. The van der Waals surface area contributed by atoms with Crippen molar-refractivity contribution in [1.82, 2.24) is 4.90 Å². The molecule has 1 aliphatic heterocycles. The van der Waals surface area contributed by atoms with Gasteiger partial charge in [-0.15, -0.1) is 0 Å². The zero-order chi connectivity index (χ0) is 22.1. The Morgan fingerprint density at radius 1 is 0.867 bits per heavy atom. The number of carbonyl (C=O) groups is 2. The molecule has 0 unspecified atom stereocenters. The topological polar surface area (TPSA) is 81.1 Å². The van der Waals surface area contributed by atoms with E-state index in [2.05, 4.69) is 73.0 Å². The third-order valence-electron chi connectivity index (χ3n) is 5.08. The van der Waals surface area contributed by atoms with Crippen molar-refractivity contribution in [3.8, 4) is 0 Å². The lowest BCUT2D eigenvalue weighted by molar-refractivity contribution is -0.134. The van der Waals surface area contributed by atoms with Crippen LogP contribution in [-0.2, 0) is 16.1 Å². The summed E-state index contributed by atoms with van der Waals surface area (Å²) in [7, 11) is 0. The van der Waals surface area contributed by atoms with Gasteiger partial charge in [-0.1, -0.05) is 35.9 Å². The number of piperazine rings is 1. The Morgan fingerprint density at radius 2 is 1.37 bits per heavy atom. The Hall–Kier alpha value is -3.12. The van der Waals surface area contributed by atoms with Crippen molar-refractivity contribution in [2.75, 3.05) is 31.1 Å². The van der Waals surface area contributed by atoms with Crippen LogP contribution in [0.15, 0.2) is 54.6 Å². The number of anilines is 1. The predicted octanol–water partition coefficient (Wildman–Crippen LogP) is 3.65.